The van der Waals surface area contributed by atoms with Crippen LogP contribution in [-0.2, 0) is 0 Å². The number of hydrogen-bond donors (Lipinski definition) is 1. The summed E-state index contributed by atoms with van der Waals surface area (Å²) in [6.07, 6.45) is 3.92. The maximum absolute atomic E-state index is 5.61. The van der Waals surface area contributed by atoms with Crippen LogP contribution in [0.5, 0.6) is 0 Å². The summed E-state index contributed by atoms with van der Waals surface area (Å²) in [7, 11) is -0.866. The minimum atomic E-state index is -0.866. The van der Waals surface area contributed by atoms with E-state index in [0.717, 1.165) is 11.7 Å². The van der Waals surface area contributed by atoms with Gasteiger partial charge in [0, 0.05) is 0 Å². The molecule has 0 aromatic rings. The molecule has 0 heterocycles. The van der Waals surface area contributed by atoms with Crippen molar-refractivity contribution in [3.05, 3.63) is 0 Å². The van der Waals surface area contributed by atoms with Crippen molar-refractivity contribution in [1.29, 1.82) is 0 Å². The molecule has 8 heavy (non-hydrogen) atoms. The van der Waals surface area contributed by atoms with Gasteiger partial charge in [0.05, 0.1) is 8.07 Å². The summed E-state index contributed by atoms with van der Waals surface area (Å²) in [5.74, 6) is 0. The van der Waals surface area contributed by atoms with Gasteiger partial charge in [-0.15, -0.1) is 0 Å². The maximum Gasteiger partial charge on any atom is 0.0653 e. The zero-order chi connectivity index (χ0) is 6.20. The molecule has 1 aliphatic rings. The van der Waals surface area contributed by atoms with Crippen LogP contribution < -0.4 is 5.73 Å². The van der Waals surface area contributed by atoms with Gasteiger partial charge < -0.3 is 5.73 Å². The highest BCUT2D eigenvalue weighted by molar-refractivity contribution is 6.79. The second-order valence-corrected chi connectivity index (χ2v) is 8.67. The lowest BCUT2D eigenvalue weighted by Gasteiger charge is -2.17. The van der Waals surface area contributed by atoms with E-state index in [-0.39, 0.29) is 0 Å². The Morgan fingerprint density at radius 1 is 1.50 bits per heavy atom. The normalized spacial score (nSPS) is 21.4. The van der Waals surface area contributed by atoms with Gasteiger partial charge in [0.2, 0.25) is 0 Å². The molecule has 2 N–H and O–H groups in total. The first-order valence-electron chi connectivity index (χ1n) is 3.37. The molecular weight excluding hydrogens is 114 g/mol. The van der Waals surface area contributed by atoms with Crippen molar-refractivity contribution in [2.24, 2.45) is 5.73 Å². The fourth-order valence-electron chi connectivity index (χ4n) is 1.03. The topological polar surface area (TPSA) is 26.0 Å². The van der Waals surface area contributed by atoms with E-state index in [1.54, 1.807) is 0 Å². The van der Waals surface area contributed by atoms with Gasteiger partial charge in [-0.1, -0.05) is 25.9 Å². The van der Waals surface area contributed by atoms with E-state index in [9.17, 15) is 0 Å². The van der Waals surface area contributed by atoms with Crippen LogP contribution in [0.3, 0.4) is 0 Å². The molecule has 1 saturated carbocycles. The van der Waals surface area contributed by atoms with Crippen LogP contribution in [0.25, 0.3) is 0 Å². The first kappa shape index (κ1) is 6.30. The molecule has 48 valence electrons. The van der Waals surface area contributed by atoms with E-state index in [1.165, 1.54) is 12.8 Å². The average molecular weight is 129 g/mol. The largest absolute Gasteiger partial charge is 0.333 e. The van der Waals surface area contributed by atoms with Crippen molar-refractivity contribution in [1.82, 2.24) is 0 Å². The first-order valence-corrected chi connectivity index (χ1v) is 6.65. The highest BCUT2D eigenvalue weighted by Gasteiger charge is 2.37. The smallest absolute Gasteiger partial charge is 0.0653 e. The van der Waals surface area contributed by atoms with Crippen LogP contribution >= 0.6 is 0 Å². The van der Waals surface area contributed by atoms with Gasteiger partial charge in [-0.25, -0.2) is 0 Å². The minimum absolute atomic E-state index is 0.866. The third-order valence-corrected chi connectivity index (χ3v) is 6.05. The van der Waals surface area contributed by atoms with E-state index in [2.05, 4.69) is 13.1 Å². The van der Waals surface area contributed by atoms with Gasteiger partial charge >= 0.3 is 0 Å². The van der Waals surface area contributed by atoms with Crippen LogP contribution in [0.15, 0.2) is 0 Å². The van der Waals surface area contributed by atoms with Crippen LogP contribution in [0, 0.1) is 0 Å². The van der Waals surface area contributed by atoms with Gasteiger partial charge in [-0.05, 0) is 11.7 Å². The Bertz CT molecular complexity index is 86.5. The summed E-state index contributed by atoms with van der Waals surface area (Å²) in [4.78, 5) is 0. The predicted octanol–water partition coefficient (Wildman–Crippen LogP) is 1.36. The van der Waals surface area contributed by atoms with Gasteiger partial charge in [-0.2, -0.15) is 0 Å². The molecule has 1 fully saturated rings. The minimum Gasteiger partial charge on any atom is -0.333 e. The average Bonchev–Trinajstić information content (AvgIpc) is 2.44. The van der Waals surface area contributed by atoms with E-state index >= 15 is 0 Å². The molecule has 0 aromatic carbocycles. The Hall–Kier alpha value is 0.177. The Morgan fingerprint density at radius 2 is 2.00 bits per heavy atom. The van der Waals surface area contributed by atoms with Gasteiger partial charge in [0.15, 0.2) is 0 Å². The molecule has 0 atom stereocenters. The number of hydrogen-bond acceptors (Lipinski definition) is 1. The van der Waals surface area contributed by atoms with Gasteiger partial charge in [0.25, 0.3) is 0 Å². The lowest BCUT2D eigenvalue weighted by atomic mass is 11.0. The molecule has 1 aliphatic carbocycles. The zero-order valence-corrected chi connectivity index (χ0v) is 6.78. The summed E-state index contributed by atoms with van der Waals surface area (Å²) in [6.45, 7) is 4.79. The molecule has 0 radical (unpaired) electrons. The van der Waals surface area contributed by atoms with E-state index in [0.29, 0.717) is 0 Å². The van der Waals surface area contributed by atoms with Gasteiger partial charge in [-0.3, -0.25) is 0 Å². The lowest BCUT2D eigenvalue weighted by Crippen LogP contribution is -2.36. The van der Waals surface area contributed by atoms with E-state index in [1.807, 2.05) is 0 Å². The third-order valence-electron chi connectivity index (χ3n) is 2.21. The zero-order valence-electron chi connectivity index (χ0n) is 5.78. The monoisotopic (exact) mass is 129 g/mol. The molecule has 0 aromatic heterocycles. The quantitative estimate of drug-likeness (QED) is 0.560. The molecule has 2 heteroatoms. The molecule has 1 nitrogen and oxygen atoms in total. The first-order chi connectivity index (χ1) is 3.67. The summed E-state index contributed by atoms with van der Waals surface area (Å²) in [5, 5.41) is 0. The molecular formula is C6H15NSi. The van der Waals surface area contributed by atoms with Crippen molar-refractivity contribution in [3.8, 4) is 0 Å². The van der Waals surface area contributed by atoms with Crippen LogP contribution in [0.2, 0.25) is 18.6 Å². The molecule has 0 saturated heterocycles. The highest BCUT2D eigenvalue weighted by Crippen LogP contribution is 2.44. The van der Waals surface area contributed by atoms with Crippen molar-refractivity contribution in [2.45, 2.75) is 31.5 Å². The second-order valence-electron chi connectivity index (χ2n) is 3.47. The second kappa shape index (κ2) is 1.85. The van der Waals surface area contributed by atoms with Crippen molar-refractivity contribution in [3.63, 3.8) is 0 Å². The highest BCUT2D eigenvalue weighted by atomic mass is 28.3. The Morgan fingerprint density at radius 3 is 2.12 bits per heavy atom. The standard InChI is InChI=1S/C6H15NSi/c1-8(2,5-7)6-3-4-6/h6H,3-5,7H2,1-2H3. The lowest BCUT2D eigenvalue weighted by molar-refractivity contribution is 1.20. The molecule has 0 unspecified atom stereocenters. The van der Waals surface area contributed by atoms with Crippen LogP contribution in [0.4, 0.5) is 0 Å². The SMILES string of the molecule is C[Si](C)(CN)C1CC1. The maximum atomic E-state index is 5.61. The summed E-state index contributed by atoms with van der Waals surface area (Å²) in [6, 6.07) is 0. The van der Waals surface area contributed by atoms with Crippen LogP contribution in [0.1, 0.15) is 12.8 Å². The van der Waals surface area contributed by atoms with E-state index in [4.69, 9.17) is 5.73 Å². The number of rotatable bonds is 2. The molecule has 0 aliphatic heterocycles. The van der Waals surface area contributed by atoms with Crippen molar-refractivity contribution < 1.29 is 0 Å². The summed E-state index contributed by atoms with van der Waals surface area (Å²) >= 11 is 0. The van der Waals surface area contributed by atoms with Crippen molar-refractivity contribution >= 4 is 8.07 Å². The third kappa shape index (κ3) is 1.12. The Kier molecular flexibility index (Phi) is 1.45. The summed E-state index contributed by atoms with van der Waals surface area (Å²) < 4.78 is 0. The Labute approximate surface area is 52.3 Å². The fraction of sp³-hybridized carbons (Fsp3) is 1.00. The molecule has 1 rings (SSSR count). The summed E-state index contributed by atoms with van der Waals surface area (Å²) in [5.41, 5.74) is 6.69. The molecule has 0 amide bonds. The Balaban J connectivity index is 2.37. The van der Waals surface area contributed by atoms with Crippen LogP contribution in [-0.4, -0.2) is 14.2 Å². The predicted molar refractivity (Wildman–Crippen MR) is 39.5 cm³/mol. The molecule has 0 spiro atoms. The fourth-order valence-corrected chi connectivity index (χ4v) is 3.09. The van der Waals surface area contributed by atoms with Gasteiger partial charge in [0.1, 0.15) is 0 Å². The molecule has 0 bridgehead atoms. The van der Waals surface area contributed by atoms with E-state index < -0.39 is 8.07 Å². The number of nitrogens with two attached hydrogens (primary N) is 1. The van der Waals surface area contributed by atoms with Crippen molar-refractivity contribution in [2.75, 3.05) is 6.17 Å².